The second-order valence-electron chi connectivity index (χ2n) is 7.89. The summed E-state index contributed by atoms with van der Waals surface area (Å²) in [5.41, 5.74) is 3.47. The van der Waals surface area contributed by atoms with E-state index >= 15 is 0 Å². The Hall–Kier alpha value is -2.10. The van der Waals surface area contributed by atoms with Crippen LogP contribution in [0.25, 0.3) is 10.9 Å². The summed E-state index contributed by atoms with van der Waals surface area (Å²) in [6.45, 7) is 8.92. The van der Waals surface area contributed by atoms with Crippen molar-refractivity contribution < 1.29 is 0 Å². The van der Waals surface area contributed by atoms with Gasteiger partial charge in [0.15, 0.2) is 0 Å². The average molecular weight is 410 g/mol. The van der Waals surface area contributed by atoms with Crippen LogP contribution in [0.3, 0.4) is 0 Å². The molecule has 0 radical (unpaired) electrons. The van der Waals surface area contributed by atoms with E-state index in [1.807, 2.05) is 30.5 Å². The van der Waals surface area contributed by atoms with Crippen LogP contribution in [0.15, 0.2) is 60.8 Å². The predicted molar refractivity (Wildman–Crippen MR) is 126 cm³/mol. The van der Waals surface area contributed by atoms with Gasteiger partial charge in [0.25, 0.3) is 0 Å². The summed E-state index contributed by atoms with van der Waals surface area (Å²) < 4.78 is 0. The largest absolute Gasteiger partial charge is 0.384 e. The van der Waals surface area contributed by atoms with E-state index < -0.39 is 0 Å². The Morgan fingerprint density at radius 3 is 2.69 bits per heavy atom. The highest BCUT2D eigenvalue weighted by molar-refractivity contribution is 6.31. The van der Waals surface area contributed by atoms with Gasteiger partial charge in [-0.25, -0.2) is 0 Å². The predicted octanol–water partition coefficient (Wildman–Crippen LogP) is 6.63. The molecule has 1 unspecified atom stereocenters. The van der Waals surface area contributed by atoms with Gasteiger partial charge in [-0.15, -0.1) is 0 Å². The Balaban J connectivity index is 1.49. The van der Waals surface area contributed by atoms with E-state index in [1.165, 1.54) is 18.4 Å². The standard InChI is InChI=1S/C25H32ClN3/c1-3-20(2)18-29(19-21-9-5-4-6-10-21)16-8-7-14-27-24-13-15-28-25-17-22(26)11-12-23(24)25/h4-6,9-13,15,17,20H,3,7-8,14,16,18-19H2,1-2H3,(H,27,28). The summed E-state index contributed by atoms with van der Waals surface area (Å²) in [4.78, 5) is 7.02. The van der Waals surface area contributed by atoms with Gasteiger partial charge in [0, 0.05) is 41.9 Å². The van der Waals surface area contributed by atoms with E-state index in [2.05, 4.69) is 59.4 Å². The number of hydrogen-bond acceptors (Lipinski definition) is 3. The molecule has 29 heavy (non-hydrogen) atoms. The highest BCUT2D eigenvalue weighted by atomic mass is 35.5. The van der Waals surface area contributed by atoms with Crippen LogP contribution in [-0.4, -0.2) is 29.5 Å². The van der Waals surface area contributed by atoms with Crippen molar-refractivity contribution in [3.8, 4) is 0 Å². The summed E-state index contributed by atoms with van der Waals surface area (Å²) in [6.07, 6.45) is 5.40. The topological polar surface area (TPSA) is 28.2 Å². The summed E-state index contributed by atoms with van der Waals surface area (Å²) in [5.74, 6) is 0.729. The van der Waals surface area contributed by atoms with Crippen molar-refractivity contribution in [2.75, 3.05) is 25.0 Å². The van der Waals surface area contributed by atoms with Gasteiger partial charge in [-0.05, 0) is 55.1 Å². The van der Waals surface area contributed by atoms with Crippen LogP contribution < -0.4 is 5.32 Å². The second-order valence-corrected chi connectivity index (χ2v) is 8.32. The highest BCUT2D eigenvalue weighted by Gasteiger charge is 2.10. The van der Waals surface area contributed by atoms with E-state index in [1.54, 1.807) is 0 Å². The summed E-state index contributed by atoms with van der Waals surface area (Å²) in [6, 6.07) is 18.7. The second kappa shape index (κ2) is 11.2. The van der Waals surface area contributed by atoms with E-state index in [0.717, 1.165) is 60.1 Å². The number of hydrogen-bond donors (Lipinski definition) is 1. The van der Waals surface area contributed by atoms with Crippen LogP contribution in [-0.2, 0) is 6.54 Å². The molecule has 3 nitrogen and oxygen atoms in total. The Morgan fingerprint density at radius 2 is 1.90 bits per heavy atom. The van der Waals surface area contributed by atoms with Crippen molar-refractivity contribution in [3.05, 3.63) is 71.4 Å². The number of nitrogens with zero attached hydrogens (tertiary/aromatic N) is 2. The first-order chi connectivity index (χ1) is 14.2. The Kier molecular flexibility index (Phi) is 8.33. The molecule has 0 aliphatic heterocycles. The molecule has 0 spiro atoms. The maximum Gasteiger partial charge on any atom is 0.0737 e. The lowest BCUT2D eigenvalue weighted by atomic mass is 10.1. The zero-order chi connectivity index (χ0) is 20.5. The molecule has 0 saturated carbocycles. The van der Waals surface area contributed by atoms with Gasteiger partial charge in [0.2, 0.25) is 0 Å². The molecule has 0 bridgehead atoms. The molecule has 0 amide bonds. The Bertz CT molecular complexity index is 882. The fraction of sp³-hybridized carbons (Fsp3) is 0.400. The quantitative estimate of drug-likeness (QED) is 0.360. The molecule has 0 aliphatic carbocycles. The maximum absolute atomic E-state index is 6.09. The molecule has 0 fully saturated rings. The third-order valence-corrected chi connectivity index (χ3v) is 5.67. The summed E-state index contributed by atoms with van der Waals surface area (Å²) in [5, 5.41) is 5.43. The first kappa shape index (κ1) is 21.6. The summed E-state index contributed by atoms with van der Waals surface area (Å²) in [7, 11) is 0. The lowest BCUT2D eigenvalue weighted by Crippen LogP contribution is -2.29. The number of halogens is 1. The molecular weight excluding hydrogens is 378 g/mol. The zero-order valence-corrected chi connectivity index (χ0v) is 18.3. The molecule has 1 N–H and O–H groups in total. The van der Waals surface area contributed by atoms with Gasteiger partial charge >= 0.3 is 0 Å². The SMILES string of the molecule is CCC(C)CN(CCCCNc1ccnc2cc(Cl)ccc12)Cc1ccccc1. The van der Waals surface area contributed by atoms with Crippen molar-refractivity contribution in [2.24, 2.45) is 5.92 Å². The Labute approximate surface area is 180 Å². The average Bonchev–Trinajstić information content (AvgIpc) is 2.73. The van der Waals surface area contributed by atoms with E-state index in [0.29, 0.717) is 0 Å². The van der Waals surface area contributed by atoms with Gasteiger partial charge in [0.05, 0.1) is 5.52 Å². The molecule has 3 rings (SSSR count). The molecular formula is C25H32ClN3. The van der Waals surface area contributed by atoms with Crippen molar-refractivity contribution in [1.82, 2.24) is 9.88 Å². The molecule has 154 valence electrons. The van der Waals surface area contributed by atoms with Crippen molar-refractivity contribution in [3.63, 3.8) is 0 Å². The molecule has 0 aliphatic rings. The fourth-order valence-corrected chi connectivity index (χ4v) is 3.77. The van der Waals surface area contributed by atoms with Gasteiger partial charge in [-0.1, -0.05) is 62.2 Å². The van der Waals surface area contributed by atoms with Gasteiger partial charge in [-0.3, -0.25) is 9.88 Å². The van der Waals surface area contributed by atoms with E-state index in [9.17, 15) is 0 Å². The summed E-state index contributed by atoms with van der Waals surface area (Å²) >= 11 is 6.09. The zero-order valence-electron chi connectivity index (χ0n) is 17.6. The van der Waals surface area contributed by atoms with Crippen LogP contribution in [0.4, 0.5) is 5.69 Å². The van der Waals surface area contributed by atoms with Crippen LogP contribution >= 0.6 is 11.6 Å². The third kappa shape index (κ3) is 6.73. The number of rotatable bonds is 11. The smallest absolute Gasteiger partial charge is 0.0737 e. The highest BCUT2D eigenvalue weighted by Crippen LogP contribution is 2.24. The third-order valence-electron chi connectivity index (χ3n) is 5.44. The number of anilines is 1. The number of fused-ring (bicyclic) bond motifs is 1. The van der Waals surface area contributed by atoms with Crippen molar-refractivity contribution in [1.29, 1.82) is 0 Å². The lowest BCUT2D eigenvalue weighted by molar-refractivity contribution is 0.223. The molecule has 3 aromatic rings. The number of aromatic nitrogens is 1. The van der Waals surface area contributed by atoms with Crippen molar-refractivity contribution in [2.45, 2.75) is 39.7 Å². The van der Waals surface area contributed by atoms with Crippen LogP contribution in [0.5, 0.6) is 0 Å². The van der Waals surface area contributed by atoms with E-state index in [4.69, 9.17) is 11.6 Å². The maximum atomic E-state index is 6.09. The first-order valence-electron chi connectivity index (χ1n) is 10.7. The number of pyridine rings is 1. The Morgan fingerprint density at radius 1 is 1.07 bits per heavy atom. The van der Waals surface area contributed by atoms with E-state index in [-0.39, 0.29) is 0 Å². The lowest BCUT2D eigenvalue weighted by Gasteiger charge is -2.25. The van der Waals surface area contributed by atoms with Gasteiger partial charge < -0.3 is 5.32 Å². The van der Waals surface area contributed by atoms with Gasteiger partial charge in [0.1, 0.15) is 0 Å². The monoisotopic (exact) mass is 409 g/mol. The van der Waals surface area contributed by atoms with Crippen LogP contribution in [0.1, 0.15) is 38.7 Å². The minimum atomic E-state index is 0.724. The number of benzene rings is 2. The fourth-order valence-electron chi connectivity index (χ4n) is 3.61. The number of unbranched alkanes of at least 4 members (excludes halogenated alkanes) is 1. The molecule has 1 atom stereocenters. The molecule has 2 aromatic carbocycles. The minimum absolute atomic E-state index is 0.724. The molecule has 1 aromatic heterocycles. The normalized spacial score (nSPS) is 12.4. The molecule has 1 heterocycles. The van der Waals surface area contributed by atoms with Gasteiger partial charge in [-0.2, -0.15) is 0 Å². The van der Waals surface area contributed by atoms with Crippen LogP contribution in [0, 0.1) is 5.92 Å². The minimum Gasteiger partial charge on any atom is -0.384 e. The molecule has 0 saturated heterocycles. The van der Waals surface area contributed by atoms with Crippen LogP contribution in [0.2, 0.25) is 5.02 Å². The molecule has 4 heteroatoms. The number of nitrogens with one attached hydrogen (secondary N) is 1. The van der Waals surface area contributed by atoms with Crippen molar-refractivity contribution >= 4 is 28.2 Å². The first-order valence-corrected chi connectivity index (χ1v) is 11.1.